The van der Waals surface area contributed by atoms with Crippen LogP contribution in [0.3, 0.4) is 0 Å². The minimum absolute atomic E-state index is 0.0567. The molecule has 170 valence electrons. The van der Waals surface area contributed by atoms with Crippen molar-refractivity contribution >= 4 is 40.7 Å². The Morgan fingerprint density at radius 2 is 2.00 bits per heavy atom. The maximum absolute atomic E-state index is 12.4. The number of esters is 2. The minimum Gasteiger partial charge on any atom is -0.493 e. The molecule has 3 rings (SSSR count). The molecule has 32 heavy (non-hydrogen) atoms. The van der Waals surface area contributed by atoms with Gasteiger partial charge < -0.3 is 14.2 Å². The van der Waals surface area contributed by atoms with E-state index in [4.69, 9.17) is 25.8 Å². The summed E-state index contributed by atoms with van der Waals surface area (Å²) in [6.45, 7) is 1.70. The largest absolute Gasteiger partial charge is 0.493 e. The third-order valence-corrected chi connectivity index (χ3v) is 6.54. The van der Waals surface area contributed by atoms with Crippen molar-refractivity contribution in [1.29, 1.82) is 0 Å². The standard InChI is InChI=1S/C24H25ClO6S/c1-15(26)30-13-16-10-18(25)12-19(11-16)31-14-21-17(6-8-22(21)27)4-3-5-20-7-9-23(32-20)24(28)29-2/h6-12,17,21H,3-5,13-14H2,1-2H3/t17?,21-/m1/s1. The molecular formula is C24H25ClO6S. The van der Waals surface area contributed by atoms with Gasteiger partial charge in [0.05, 0.1) is 19.6 Å². The fourth-order valence-electron chi connectivity index (χ4n) is 3.58. The zero-order valence-electron chi connectivity index (χ0n) is 18.0. The van der Waals surface area contributed by atoms with Gasteiger partial charge in [0, 0.05) is 16.8 Å². The van der Waals surface area contributed by atoms with Crippen molar-refractivity contribution in [3.05, 3.63) is 62.8 Å². The molecule has 1 aliphatic rings. The number of hydrogen-bond acceptors (Lipinski definition) is 7. The Hall–Kier alpha value is -2.64. The van der Waals surface area contributed by atoms with Crippen molar-refractivity contribution < 1.29 is 28.6 Å². The third kappa shape index (κ3) is 6.68. The van der Waals surface area contributed by atoms with E-state index in [1.165, 1.54) is 25.4 Å². The summed E-state index contributed by atoms with van der Waals surface area (Å²) in [7, 11) is 1.37. The molecule has 1 heterocycles. The number of hydrogen-bond donors (Lipinski definition) is 0. The predicted octanol–water partition coefficient (Wildman–Crippen LogP) is 5.02. The molecule has 2 atom stereocenters. The van der Waals surface area contributed by atoms with Crippen molar-refractivity contribution in [3.63, 3.8) is 0 Å². The quantitative estimate of drug-likeness (QED) is 0.448. The fourth-order valence-corrected chi connectivity index (χ4v) is 4.80. The second kappa shape index (κ2) is 11.3. The van der Waals surface area contributed by atoms with Gasteiger partial charge >= 0.3 is 11.9 Å². The van der Waals surface area contributed by atoms with Crippen LogP contribution in [0.5, 0.6) is 5.75 Å². The topological polar surface area (TPSA) is 78.9 Å². The monoisotopic (exact) mass is 476 g/mol. The molecule has 0 saturated heterocycles. The SMILES string of the molecule is COC(=O)c1ccc(CCCC2C=CC(=O)[C@@H]2COc2cc(Cl)cc(COC(C)=O)c2)s1. The average Bonchev–Trinajstić information content (AvgIpc) is 3.37. The van der Waals surface area contributed by atoms with E-state index in [0.29, 0.717) is 15.6 Å². The molecule has 0 N–H and O–H groups in total. The maximum Gasteiger partial charge on any atom is 0.348 e. The maximum atomic E-state index is 12.4. The molecule has 1 aromatic heterocycles. The molecule has 0 bridgehead atoms. The minimum atomic E-state index is -0.373. The molecule has 6 nitrogen and oxygen atoms in total. The highest BCUT2D eigenvalue weighted by atomic mass is 35.5. The highest BCUT2D eigenvalue weighted by Gasteiger charge is 2.30. The highest BCUT2D eigenvalue weighted by molar-refractivity contribution is 7.13. The van der Waals surface area contributed by atoms with Crippen LogP contribution in [0.4, 0.5) is 0 Å². The van der Waals surface area contributed by atoms with Crippen molar-refractivity contribution in [2.75, 3.05) is 13.7 Å². The number of methoxy groups -OCH3 is 1. The van der Waals surface area contributed by atoms with Gasteiger partial charge in [0.25, 0.3) is 0 Å². The first-order valence-corrected chi connectivity index (χ1v) is 11.5. The van der Waals surface area contributed by atoms with Gasteiger partial charge in [0.2, 0.25) is 0 Å². The van der Waals surface area contributed by atoms with Crippen LogP contribution in [0.15, 0.2) is 42.5 Å². The number of ketones is 1. The summed E-state index contributed by atoms with van der Waals surface area (Å²) in [5.74, 6) is -0.253. The molecule has 0 fully saturated rings. The number of carbonyl (C=O) groups is 3. The van der Waals surface area contributed by atoms with E-state index in [2.05, 4.69) is 0 Å². The van der Waals surface area contributed by atoms with Crippen molar-refractivity contribution in [1.82, 2.24) is 0 Å². The van der Waals surface area contributed by atoms with Crippen LogP contribution in [-0.2, 0) is 32.1 Å². The molecular weight excluding hydrogens is 452 g/mol. The number of halogens is 1. The first-order valence-electron chi connectivity index (χ1n) is 10.3. The molecule has 1 aliphatic carbocycles. The number of allylic oxidation sites excluding steroid dienone is 2. The summed E-state index contributed by atoms with van der Waals surface area (Å²) in [6.07, 6.45) is 6.15. The van der Waals surface area contributed by atoms with E-state index in [1.807, 2.05) is 12.1 Å². The van der Waals surface area contributed by atoms with Crippen LogP contribution in [0.2, 0.25) is 5.02 Å². The first-order chi connectivity index (χ1) is 15.4. The molecule has 0 amide bonds. The smallest absolute Gasteiger partial charge is 0.348 e. The summed E-state index contributed by atoms with van der Waals surface area (Å²) < 4.78 is 15.6. The lowest BCUT2D eigenvalue weighted by molar-refractivity contribution is -0.142. The van der Waals surface area contributed by atoms with Gasteiger partial charge in [-0.1, -0.05) is 17.7 Å². The van der Waals surface area contributed by atoms with E-state index in [9.17, 15) is 14.4 Å². The van der Waals surface area contributed by atoms with E-state index < -0.39 is 0 Å². The van der Waals surface area contributed by atoms with E-state index in [-0.39, 0.29) is 42.8 Å². The van der Waals surface area contributed by atoms with Gasteiger partial charge in [0.1, 0.15) is 17.2 Å². The Bertz CT molecular complexity index is 1010. The number of benzene rings is 1. The number of rotatable bonds is 10. The van der Waals surface area contributed by atoms with Crippen molar-refractivity contribution in [2.24, 2.45) is 11.8 Å². The number of aryl methyl sites for hydroxylation is 1. The molecule has 1 aromatic carbocycles. The number of ether oxygens (including phenoxy) is 3. The van der Waals surface area contributed by atoms with Crippen molar-refractivity contribution in [2.45, 2.75) is 32.8 Å². The van der Waals surface area contributed by atoms with Gasteiger partial charge in [-0.3, -0.25) is 9.59 Å². The van der Waals surface area contributed by atoms with Gasteiger partial charge in [-0.25, -0.2) is 4.79 Å². The zero-order chi connectivity index (χ0) is 23.1. The summed E-state index contributed by atoms with van der Waals surface area (Å²) >= 11 is 7.58. The molecule has 0 saturated carbocycles. The Kier molecular flexibility index (Phi) is 8.47. The lowest BCUT2D eigenvalue weighted by atomic mass is 9.90. The normalized spacial score (nSPS) is 17.4. The van der Waals surface area contributed by atoms with Crippen LogP contribution in [0, 0.1) is 11.8 Å². The van der Waals surface area contributed by atoms with Gasteiger partial charge in [-0.2, -0.15) is 0 Å². The Balaban J connectivity index is 1.52. The molecule has 2 aromatic rings. The van der Waals surface area contributed by atoms with Gasteiger partial charge in [-0.05, 0) is 67.2 Å². The van der Waals surface area contributed by atoms with Crippen LogP contribution in [-0.4, -0.2) is 31.4 Å². The molecule has 0 aliphatic heterocycles. The fraction of sp³-hybridized carbons (Fsp3) is 0.375. The molecule has 0 spiro atoms. The average molecular weight is 477 g/mol. The van der Waals surface area contributed by atoms with Gasteiger partial charge in [0.15, 0.2) is 5.78 Å². The van der Waals surface area contributed by atoms with Crippen LogP contribution in [0.25, 0.3) is 0 Å². The summed E-state index contributed by atoms with van der Waals surface area (Å²) in [5, 5.41) is 0.472. The lowest BCUT2D eigenvalue weighted by Crippen LogP contribution is -2.23. The Morgan fingerprint density at radius 1 is 1.19 bits per heavy atom. The van der Waals surface area contributed by atoms with Crippen molar-refractivity contribution in [3.8, 4) is 5.75 Å². The summed E-state index contributed by atoms with van der Waals surface area (Å²) in [5.41, 5.74) is 0.720. The molecule has 8 heteroatoms. The lowest BCUT2D eigenvalue weighted by Gasteiger charge is -2.19. The number of carbonyl (C=O) groups excluding carboxylic acids is 3. The summed E-state index contributed by atoms with van der Waals surface area (Å²) in [4.78, 5) is 36.7. The molecule has 0 radical (unpaired) electrons. The predicted molar refractivity (Wildman–Crippen MR) is 122 cm³/mol. The Morgan fingerprint density at radius 3 is 2.75 bits per heavy atom. The van der Waals surface area contributed by atoms with Gasteiger partial charge in [-0.15, -0.1) is 11.3 Å². The van der Waals surface area contributed by atoms with E-state index in [0.717, 1.165) is 29.7 Å². The van der Waals surface area contributed by atoms with E-state index in [1.54, 1.807) is 30.3 Å². The second-order valence-electron chi connectivity index (χ2n) is 7.57. The Labute approximate surface area is 196 Å². The van der Waals surface area contributed by atoms with Crippen LogP contribution < -0.4 is 4.74 Å². The third-order valence-electron chi connectivity index (χ3n) is 5.20. The van der Waals surface area contributed by atoms with E-state index >= 15 is 0 Å². The highest BCUT2D eigenvalue weighted by Crippen LogP contribution is 2.30. The number of thiophene rings is 1. The van der Waals surface area contributed by atoms with Crippen LogP contribution in [0.1, 0.15) is 39.9 Å². The molecule has 1 unspecified atom stereocenters. The van der Waals surface area contributed by atoms with Crippen LogP contribution >= 0.6 is 22.9 Å². The summed E-state index contributed by atoms with van der Waals surface area (Å²) in [6, 6.07) is 8.86. The zero-order valence-corrected chi connectivity index (χ0v) is 19.5. The first kappa shape index (κ1) is 24.0. The second-order valence-corrected chi connectivity index (χ2v) is 9.17.